The standard InChI is InChI=1S/C20H25NO5S/c1-3-26-20(25)16-14-9-8-11(2)10-15(14)27-18(16)21-17(22)12-6-4-5-7-13(12)19(23)24/h4-5,11-13H,3,6-10H2,1-2H3,(H,21,22)(H,23,24)/p-1/t11-,12+,13+/m1/s1. The molecule has 0 spiro atoms. The van der Waals surface area contributed by atoms with Crippen molar-refractivity contribution in [3.05, 3.63) is 28.2 Å². The largest absolute Gasteiger partial charge is 0.550 e. The molecule has 2 aliphatic carbocycles. The van der Waals surface area contributed by atoms with Gasteiger partial charge in [-0.1, -0.05) is 19.1 Å². The van der Waals surface area contributed by atoms with Gasteiger partial charge in [0.2, 0.25) is 5.91 Å². The van der Waals surface area contributed by atoms with Crippen molar-refractivity contribution >= 4 is 34.2 Å². The minimum absolute atomic E-state index is 0.257. The van der Waals surface area contributed by atoms with Crippen molar-refractivity contribution < 1.29 is 24.2 Å². The van der Waals surface area contributed by atoms with Crippen molar-refractivity contribution in [2.24, 2.45) is 17.8 Å². The van der Waals surface area contributed by atoms with Gasteiger partial charge >= 0.3 is 5.97 Å². The summed E-state index contributed by atoms with van der Waals surface area (Å²) in [4.78, 5) is 37.8. The van der Waals surface area contributed by atoms with Crippen molar-refractivity contribution in [1.82, 2.24) is 0 Å². The second kappa shape index (κ2) is 8.25. The zero-order valence-electron chi connectivity index (χ0n) is 15.6. The van der Waals surface area contributed by atoms with Crippen LogP contribution in [0.4, 0.5) is 5.00 Å². The van der Waals surface area contributed by atoms with Gasteiger partial charge in [0.05, 0.1) is 18.1 Å². The second-order valence-corrected chi connectivity index (χ2v) is 8.35. The van der Waals surface area contributed by atoms with E-state index < -0.39 is 23.8 Å². The highest BCUT2D eigenvalue weighted by Gasteiger charge is 2.33. The van der Waals surface area contributed by atoms with Crippen molar-refractivity contribution in [3.8, 4) is 0 Å². The van der Waals surface area contributed by atoms with Crippen LogP contribution in [-0.2, 0) is 27.2 Å². The van der Waals surface area contributed by atoms with Gasteiger partial charge < -0.3 is 20.0 Å². The van der Waals surface area contributed by atoms with Gasteiger partial charge in [-0.25, -0.2) is 4.79 Å². The van der Waals surface area contributed by atoms with Gasteiger partial charge in [0, 0.05) is 16.8 Å². The van der Waals surface area contributed by atoms with Gasteiger partial charge in [0.25, 0.3) is 0 Å². The molecule has 2 aliphatic rings. The predicted octanol–water partition coefficient (Wildman–Crippen LogP) is 2.32. The molecule has 1 aromatic rings. The van der Waals surface area contributed by atoms with E-state index in [2.05, 4.69) is 12.2 Å². The van der Waals surface area contributed by atoms with Gasteiger partial charge in [-0.3, -0.25) is 4.79 Å². The number of carbonyl (C=O) groups is 3. The SMILES string of the molecule is CCOC(=O)c1c(NC(=O)[C@H]2CC=CC[C@@H]2C(=O)[O-])sc2c1CC[C@@H](C)C2. The molecule has 0 radical (unpaired) electrons. The van der Waals surface area contributed by atoms with Gasteiger partial charge in [0.15, 0.2) is 0 Å². The summed E-state index contributed by atoms with van der Waals surface area (Å²) in [5.41, 5.74) is 1.40. The molecule has 1 amide bonds. The summed E-state index contributed by atoms with van der Waals surface area (Å²) in [5.74, 6) is -3.06. The van der Waals surface area contributed by atoms with E-state index in [1.165, 1.54) is 11.3 Å². The molecule has 3 rings (SSSR count). The number of esters is 1. The Labute approximate surface area is 162 Å². The van der Waals surface area contributed by atoms with Crippen LogP contribution in [0.1, 0.15) is 53.9 Å². The van der Waals surface area contributed by atoms with Crippen LogP contribution in [0, 0.1) is 17.8 Å². The van der Waals surface area contributed by atoms with Crippen LogP contribution < -0.4 is 10.4 Å². The highest BCUT2D eigenvalue weighted by atomic mass is 32.1. The molecule has 0 aromatic carbocycles. The number of aliphatic carboxylic acids is 1. The highest BCUT2D eigenvalue weighted by Crippen LogP contribution is 2.40. The molecule has 0 saturated heterocycles. The molecular formula is C20H24NO5S-. The number of thiophene rings is 1. The fourth-order valence-corrected chi connectivity index (χ4v) is 5.23. The van der Waals surface area contributed by atoms with Crippen molar-refractivity contribution in [2.45, 2.75) is 46.0 Å². The average molecular weight is 390 g/mol. The lowest BCUT2D eigenvalue weighted by molar-refractivity contribution is -0.313. The normalized spacial score (nSPS) is 24.1. The van der Waals surface area contributed by atoms with E-state index in [9.17, 15) is 19.5 Å². The fraction of sp³-hybridized carbons (Fsp3) is 0.550. The third-order valence-corrected chi connectivity index (χ3v) is 6.47. The second-order valence-electron chi connectivity index (χ2n) is 7.24. The number of anilines is 1. The fourth-order valence-electron chi connectivity index (χ4n) is 3.83. The topological polar surface area (TPSA) is 95.5 Å². The highest BCUT2D eigenvalue weighted by molar-refractivity contribution is 7.17. The number of carbonyl (C=O) groups excluding carboxylic acids is 3. The molecule has 27 heavy (non-hydrogen) atoms. The summed E-state index contributed by atoms with van der Waals surface area (Å²) in [6.07, 6.45) is 6.85. The van der Waals surface area contributed by atoms with E-state index in [1.807, 2.05) is 6.08 Å². The third-order valence-electron chi connectivity index (χ3n) is 5.30. The van der Waals surface area contributed by atoms with Crippen LogP contribution in [0.3, 0.4) is 0 Å². The Kier molecular flexibility index (Phi) is 5.99. The molecule has 0 fully saturated rings. The lowest BCUT2D eigenvalue weighted by Crippen LogP contribution is -2.41. The smallest absolute Gasteiger partial charge is 0.341 e. The molecule has 146 valence electrons. The zero-order valence-corrected chi connectivity index (χ0v) is 16.4. The number of rotatable bonds is 5. The van der Waals surface area contributed by atoms with E-state index in [4.69, 9.17) is 4.74 Å². The van der Waals surface area contributed by atoms with Crippen LogP contribution >= 0.6 is 11.3 Å². The first-order valence-electron chi connectivity index (χ1n) is 9.40. The maximum atomic E-state index is 12.8. The van der Waals surface area contributed by atoms with Crippen LogP contribution in [0.25, 0.3) is 0 Å². The van der Waals surface area contributed by atoms with Gasteiger partial charge in [-0.05, 0) is 50.5 Å². The maximum absolute atomic E-state index is 12.8. The lowest BCUT2D eigenvalue weighted by atomic mass is 9.82. The maximum Gasteiger partial charge on any atom is 0.341 e. The van der Waals surface area contributed by atoms with E-state index in [0.717, 1.165) is 29.7 Å². The summed E-state index contributed by atoms with van der Waals surface area (Å²) < 4.78 is 5.21. The summed E-state index contributed by atoms with van der Waals surface area (Å²) in [6.45, 7) is 4.17. The molecule has 1 aromatic heterocycles. The van der Waals surface area contributed by atoms with E-state index in [-0.39, 0.29) is 18.9 Å². The molecular weight excluding hydrogens is 366 g/mol. The zero-order chi connectivity index (χ0) is 19.6. The van der Waals surface area contributed by atoms with Gasteiger partial charge in [-0.2, -0.15) is 0 Å². The van der Waals surface area contributed by atoms with Crippen molar-refractivity contribution in [3.63, 3.8) is 0 Å². The number of carboxylic acid groups (broad SMARTS) is 1. The molecule has 0 unspecified atom stereocenters. The number of hydrogen-bond acceptors (Lipinski definition) is 6. The average Bonchev–Trinajstić information content (AvgIpc) is 2.98. The summed E-state index contributed by atoms with van der Waals surface area (Å²) >= 11 is 1.41. The van der Waals surface area contributed by atoms with E-state index in [0.29, 0.717) is 22.9 Å². The summed E-state index contributed by atoms with van der Waals surface area (Å²) in [7, 11) is 0. The van der Waals surface area contributed by atoms with Crippen LogP contribution in [-0.4, -0.2) is 24.5 Å². The molecule has 1 heterocycles. The summed E-state index contributed by atoms with van der Waals surface area (Å²) in [6, 6.07) is 0. The molecule has 0 saturated carbocycles. The minimum atomic E-state index is -1.22. The molecule has 0 bridgehead atoms. The number of hydrogen-bond donors (Lipinski definition) is 1. The first kappa shape index (κ1) is 19.6. The quantitative estimate of drug-likeness (QED) is 0.615. The third kappa shape index (κ3) is 4.08. The van der Waals surface area contributed by atoms with E-state index >= 15 is 0 Å². The van der Waals surface area contributed by atoms with Crippen molar-refractivity contribution in [1.29, 1.82) is 0 Å². The Morgan fingerprint density at radius 2 is 1.96 bits per heavy atom. The first-order valence-corrected chi connectivity index (χ1v) is 10.2. The number of nitrogens with one attached hydrogen (secondary N) is 1. The number of carboxylic acids is 1. The van der Waals surface area contributed by atoms with Crippen LogP contribution in [0.15, 0.2) is 12.2 Å². The Bertz CT molecular complexity index is 782. The number of amides is 1. The van der Waals surface area contributed by atoms with E-state index in [1.54, 1.807) is 13.0 Å². The Hall–Kier alpha value is -2.15. The van der Waals surface area contributed by atoms with Gasteiger partial charge in [0.1, 0.15) is 5.00 Å². The van der Waals surface area contributed by atoms with Gasteiger partial charge in [-0.15, -0.1) is 11.3 Å². The molecule has 1 N–H and O–H groups in total. The first-order chi connectivity index (χ1) is 12.9. The monoisotopic (exact) mass is 390 g/mol. The predicted molar refractivity (Wildman–Crippen MR) is 100 cm³/mol. The lowest BCUT2D eigenvalue weighted by Gasteiger charge is -2.28. The Balaban J connectivity index is 1.89. The molecule has 3 atom stereocenters. The Morgan fingerprint density at radius 3 is 2.63 bits per heavy atom. The molecule has 6 nitrogen and oxygen atoms in total. The van der Waals surface area contributed by atoms with Crippen LogP contribution in [0.5, 0.6) is 0 Å². The Morgan fingerprint density at radius 1 is 1.26 bits per heavy atom. The minimum Gasteiger partial charge on any atom is -0.550 e. The number of fused-ring (bicyclic) bond motifs is 1. The van der Waals surface area contributed by atoms with Crippen molar-refractivity contribution in [2.75, 3.05) is 11.9 Å². The van der Waals surface area contributed by atoms with Crippen LogP contribution in [0.2, 0.25) is 0 Å². The number of allylic oxidation sites excluding steroid dienone is 2. The molecule has 0 aliphatic heterocycles. The molecule has 7 heteroatoms. The summed E-state index contributed by atoms with van der Waals surface area (Å²) in [5, 5.41) is 14.7. The number of ether oxygens (including phenoxy) is 1.